The van der Waals surface area contributed by atoms with Gasteiger partial charge in [0.1, 0.15) is 12.1 Å². The smallest absolute Gasteiger partial charge is 0.185 e. The van der Waals surface area contributed by atoms with E-state index in [9.17, 15) is 0 Å². The third-order valence-corrected chi connectivity index (χ3v) is 4.31. The molecule has 2 aromatic rings. The number of hydrogen-bond acceptors (Lipinski definition) is 6. The molecule has 5 nitrogen and oxygen atoms in total. The van der Waals surface area contributed by atoms with Crippen LogP contribution in [0.5, 0.6) is 0 Å². The lowest BCUT2D eigenvalue weighted by molar-refractivity contribution is 0.644. The molecule has 1 saturated heterocycles. The maximum atomic E-state index is 4.35. The minimum atomic E-state index is 0.952. The first kappa shape index (κ1) is 11.9. The number of aromatic nitrogens is 3. The van der Waals surface area contributed by atoms with Crippen LogP contribution in [0, 0.1) is 0 Å². The highest BCUT2D eigenvalue weighted by molar-refractivity contribution is 9.10. The van der Waals surface area contributed by atoms with Gasteiger partial charge >= 0.3 is 0 Å². The lowest BCUT2D eigenvalue weighted by Crippen LogP contribution is -2.47. The average molecular weight is 326 g/mol. The molecule has 18 heavy (non-hydrogen) atoms. The topological polar surface area (TPSA) is 45.2 Å². The summed E-state index contributed by atoms with van der Waals surface area (Å²) in [6.45, 7) is 3.86. The van der Waals surface area contributed by atoms with Gasteiger partial charge in [0.2, 0.25) is 0 Å². The molecule has 1 fully saturated rings. The molecule has 0 aliphatic carbocycles. The van der Waals surface area contributed by atoms with Crippen molar-refractivity contribution in [2.24, 2.45) is 0 Å². The van der Waals surface area contributed by atoms with Crippen LogP contribution in [0.4, 0.5) is 10.9 Å². The number of rotatable bonds is 2. The van der Waals surface area contributed by atoms with Gasteiger partial charge in [0.25, 0.3) is 0 Å². The normalized spacial score (nSPS) is 16.1. The summed E-state index contributed by atoms with van der Waals surface area (Å²) in [5, 5.41) is 3.12. The summed E-state index contributed by atoms with van der Waals surface area (Å²) in [7, 11) is 0. The van der Waals surface area contributed by atoms with Crippen LogP contribution in [0.25, 0.3) is 0 Å². The van der Waals surface area contributed by atoms with Crippen molar-refractivity contribution in [1.29, 1.82) is 0 Å². The van der Waals surface area contributed by atoms with E-state index >= 15 is 0 Å². The lowest BCUT2D eigenvalue weighted by Gasteiger charge is -2.35. The zero-order valence-corrected chi connectivity index (χ0v) is 12.1. The third kappa shape index (κ3) is 2.32. The average Bonchev–Trinajstić information content (AvgIpc) is 2.94. The molecule has 0 aromatic carbocycles. The predicted molar refractivity (Wildman–Crippen MR) is 76.3 cm³/mol. The monoisotopic (exact) mass is 325 g/mol. The van der Waals surface area contributed by atoms with Gasteiger partial charge in [-0.3, -0.25) is 0 Å². The summed E-state index contributed by atoms with van der Waals surface area (Å²) >= 11 is 5.19. The van der Waals surface area contributed by atoms with Gasteiger partial charge in [-0.2, -0.15) is 0 Å². The van der Waals surface area contributed by atoms with E-state index in [-0.39, 0.29) is 0 Å². The van der Waals surface area contributed by atoms with Crippen LogP contribution < -0.4 is 9.80 Å². The maximum Gasteiger partial charge on any atom is 0.185 e. The van der Waals surface area contributed by atoms with Crippen LogP contribution in [0.3, 0.4) is 0 Å². The molecule has 0 saturated carbocycles. The van der Waals surface area contributed by atoms with Gasteiger partial charge in [-0.1, -0.05) is 0 Å². The summed E-state index contributed by atoms with van der Waals surface area (Å²) in [5.74, 6) is 0.976. The Labute approximate surface area is 118 Å². The quantitative estimate of drug-likeness (QED) is 0.845. The van der Waals surface area contributed by atoms with E-state index in [1.54, 1.807) is 23.9 Å². The molecule has 3 rings (SSSR count). The van der Waals surface area contributed by atoms with Gasteiger partial charge in [0.05, 0.1) is 4.47 Å². The summed E-state index contributed by atoms with van der Waals surface area (Å²) < 4.78 is 0.952. The standard InChI is InChI=1S/C11H12BrN5S/c12-9-7-13-8-15-10(9)16-2-4-17(5-3-16)11-14-1-6-18-11/h1,6-8H,2-5H2. The van der Waals surface area contributed by atoms with E-state index in [0.717, 1.165) is 41.6 Å². The van der Waals surface area contributed by atoms with E-state index in [1.807, 2.05) is 11.6 Å². The first-order valence-corrected chi connectivity index (χ1v) is 7.37. The lowest BCUT2D eigenvalue weighted by atomic mass is 10.3. The zero-order valence-electron chi connectivity index (χ0n) is 9.66. The second kappa shape index (κ2) is 5.19. The van der Waals surface area contributed by atoms with Crippen molar-refractivity contribution in [3.05, 3.63) is 28.6 Å². The van der Waals surface area contributed by atoms with Gasteiger partial charge in [0.15, 0.2) is 5.13 Å². The number of anilines is 2. The first-order valence-electron chi connectivity index (χ1n) is 5.69. The Morgan fingerprint density at radius 3 is 2.56 bits per heavy atom. The Bertz CT molecular complexity index is 510. The molecule has 0 bridgehead atoms. The highest BCUT2D eigenvalue weighted by Crippen LogP contribution is 2.25. The molecule has 0 amide bonds. The Morgan fingerprint density at radius 1 is 1.11 bits per heavy atom. The fourth-order valence-corrected chi connectivity index (χ4v) is 3.19. The molecule has 0 unspecified atom stereocenters. The SMILES string of the molecule is Brc1cncnc1N1CCN(c2nccs2)CC1. The summed E-state index contributed by atoms with van der Waals surface area (Å²) in [6, 6.07) is 0. The minimum Gasteiger partial charge on any atom is -0.352 e. The Hall–Kier alpha value is -1.21. The van der Waals surface area contributed by atoms with Crippen LogP contribution in [0.2, 0.25) is 0 Å². The van der Waals surface area contributed by atoms with E-state index in [1.165, 1.54) is 0 Å². The maximum absolute atomic E-state index is 4.35. The van der Waals surface area contributed by atoms with E-state index in [0.29, 0.717) is 0 Å². The highest BCUT2D eigenvalue weighted by atomic mass is 79.9. The molecule has 1 aliphatic heterocycles. The van der Waals surface area contributed by atoms with Crippen LogP contribution in [0.1, 0.15) is 0 Å². The van der Waals surface area contributed by atoms with Crippen molar-refractivity contribution in [2.45, 2.75) is 0 Å². The predicted octanol–water partition coefficient (Wildman–Crippen LogP) is 2.02. The largest absolute Gasteiger partial charge is 0.352 e. The van der Waals surface area contributed by atoms with Gasteiger partial charge in [-0.15, -0.1) is 11.3 Å². The number of hydrogen-bond donors (Lipinski definition) is 0. The number of piperazine rings is 1. The Balaban J connectivity index is 1.69. The second-order valence-electron chi connectivity index (χ2n) is 3.98. The van der Waals surface area contributed by atoms with Crippen molar-refractivity contribution in [2.75, 3.05) is 36.0 Å². The van der Waals surface area contributed by atoms with E-state index in [4.69, 9.17) is 0 Å². The van der Waals surface area contributed by atoms with Gasteiger partial charge in [-0.25, -0.2) is 15.0 Å². The van der Waals surface area contributed by atoms with Gasteiger partial charge < -0.3 is 9.80 Å². The molecule has 2 aromatic heterocycles. The molecule has 0 spiro atoms. The molecule has 7 heteroatoms. The second-order valence-corrected chi connectivity index (χ2v) is 5.71. The van der Waals surface area contributed by atoms with Gasteiger partial charge in [0, 0.05) is 44.0 Å². The summed E-state index contributed by atoms with van der Waals surface area (Å²) in [5.41, 5.74) is 0. The molecule has 3 heterocycles. The fraction of sp³-hybridized carbons (Fsp3) is 0.364. The van der Waals surface area contributed by atoms with Crippen LogP contribution in [0.15, 0.2) is 28.6 Å². The zero-order chi connectivity index (χ0) is 12.4. The minimum absolute atomic E-state index is 0.952. The molecule has 0 N–H and O–H groups in total. The highest BCUT2D eigenvalue weighted by Gasteiger charge is 2.20. The van der Waals surface area contributed by atoms with E-state index in [2.05, 4.69) is 40.7 Å². The van der Waals surface area contributed by atoms with Crippen LogP contribution in [-0.2, 0) is 0 Å². The molecule has 94 valence electrons. The molecule has 0 atom stereocenters. The first-order chi connectivity index (χ1) is 8.84. The number of thiazole rings is 1. The molecule has 1 aliphatic rings. The molecule has 0 radical (unpaired) electrons. The Kier molecular flexibility index (Phi) is 3.42. The molecular formula is C11H12BrN5S. The number of halogens is 1. The van der Waals surface area contributed by atoms with Crippen LogP contribution in [-0.4, -0.2) is 41.1 Å². The van der Waals surface area contributed by atoms with Gasteiger partial charge in [-0.05, 0) is 15.9 Å². The summed E-state index contributed by atoms with van der Waals surface area (Å²) in [6.07, 6.45) is 5.23. The van der Waals surface area contributed by atoms with Crippen molar-refractivity contribution < 1.29 is 0 Å². The Morgan fingerprint density at radius 2 is 1.89 bits per heavy atom. The van der Waals surface area contributed by atoms with Crippen molar-refractivity contribution >= 4 is 38.2 Å². The summed E-state index contributed by atoms with van der Waals surface area (Å²) in [4.78, 5) is 17.3. The van der Waals surface area contributed by atoms with Crippen LogP contribution >= 0.6 is 27.3 Å². The fourth-order valence-electron chi connectivity index (χ4n) is 2.02. The van der Waals surface area contributed by atoms with Crippen molar-refractivity contribution in [3.8, 4) is 0 Å². The van der Waals surface area contributed by atoms with E-state index < -0.39 is 0 Å². The van der Waals surface area contributed by atoms with Crippen molar-refractivity contribution in [3.63, 3.8) is 0 Å². The third-order valence-electron chi connectivity index (χ3n) is 2.92. The molecular weight excluding hydrogens is 314 g/mol. The number of nitrogens with zero attached hydrogens (tertiary/aromatic N) is 5. The van der Waals surface area contributed by atoms with Crippen molar-refractivity contribution in [1.82, 2.24) is 15.0 Å².